The number of methoxy groups -OCH3 is 1. The Morgan fingerprint density at radius 2 is 2.03 bits per heavy atom. The van der Waals surface area contributed by atoms with E-state index < -0.39 is 11.4 Å². The number of hydrogen-bond acceptors (Lipinski definition) is 8. The van der Waals surface area contributed by atoms with Gasteiger partial charge in [-0.2, -0.15) is 9.61 Å². The predicted molar refractivity (Wildman–Crippen MR) is 121 cm³/mol. The quantitative estimate of drug-likeness (QED) is 0.306. The van der Waals surface area contributed by atoms with Crippen LogP contribution >= 0.6 is 11.8 Å². The minimum atomic E-state index is -1.16. The molecule has 0 aliphatic rings. The van der Waals surface area contributed by atoms with Gasteiger partial charge in [0.2, 0.25) is 0 Å². The van der Waals surface area contributed by atoms with Gasteiger partial charge >= 0.3 is 0 Å². The zero-order valence-corrected chi connectivity index (χ0v) is 20.0. The number of aromatic nitrogens is 5. The Morgan fingerprint density at radius 1 is 1.30 bits per heavy atom. The van der Waals surface area contributed by atoms with Crippen LogP contribution in [0, 0.1) is 0 Å². The second-order valence-corrected chi connectivity index (χ2v) is 10.7. The van der Waals surface area contributed by atoms with Crippen molar-refractivity contribution in [2.45, 2.75) is 50.6 Å². The monoisotopic (exact) mass is 448 g/mol. The van der Waals surface area contributed by atoms with E-state index in [0.29, 0.717) is 17.9 Å². The SMILES string of the molecule is CCN([C@H](C)c1cc(-c2cc3ncnn3c(SC)n2)c(OC)cn1)[S+]([O-])C(C)(C)C. The first-order valence-corrected chi connectivity index (χ1v) is 12.0. The summed E-state index contributed by atoms with van der Waals surface area (Å²) < 4.78 is 21.9. The van der Waals surface area contributed by atoms with Crippen LogP contribution in [0.2, 0.25) is 0 Å². The summed E-state index contributed by atoms with van der Waals surface area (Å²) in [4.78, 5) is 13.7. The maximum absolute atomic E-state index is 13.0. The summed E-state index contributed by atoms with van der Waals surface area (Å²) in [6.45, 7) is 10.6. The third kappa shape index (κ3) is 4.41. The summed E-state index contributed by atoms with van der Waals surface area (Å²) in [6, 6.07) is 3.70. The average Bonchev–Trinajstić information content (AvgIpc) is 3.21. The van der Waals surface area contributed by atoms with Gasteiger partial charge in [-0.15, -0.1) is 4.31 Å². The van der Waals surface area contributed by atoms with E-state index in [0.717, 1.165) is 22.1 Å². The second-order valence-electron chi connectivity index (χ2n) is 7.74. The molecule has 0 aliphatic heterocycles. The van der Waals surface area contributed by atoms with E-state index in [1.165, 1.54) is 18.1 Å². The van der Waals surface area contributed by atoms with Crippen molar-refractivity contribution < 1.29 is 9.29 Å². The normalized spacial score (nSPS) is 14.3. The molecule has 0 aromatic carbocycles. The molecule has 162 valence electrons. The van der Waals surface area contributed by atoms with E-state index in [1.54, 1.807) is 17.8 Å². The molecule has 10 heteroatoms. The minimum absolute atomic E-state index is 0.142. The number of ether oxygens (including phenoxy) is 1. The molecule has 0 aliphatic carbocycles. The fourth-order valence-electron chi connectivity index (χ4n) is 3.16. The molecule has 0 saturated carbocycles. The molecule has 8 nitrogen and oxygen atoms in total. The van der Waals surface area contributed by atoms with Crippen molar-refractivity contribution in [3.63, 3.8) is 0 Å². The van der Waals surface area contributed by atoms with Crippen LogP contribution in [0.5, 0.6) is 5.75 Å². The Bertz CT molecular complexity index is 1020. The molecule has 0 N–H and O–H groups in total. The first-order chi connectivity index (χ1) is 14.2. The van der Waals surface area contributed by atoms with Crippen molar-refractivity contribution in [1.82, 2.24) is 28.9 Å². The van der Waals surface area contributed by atoms with Crippen LogP contribution < -0.4 is 4.74 Å². The lowest BCUT2D eigenvalue weighted by Crippen LogP contribution is -2.44. The zero-order chi connectivity index (χ0) is 22.1. The number of thioether (sulfide) groups is 1. The number of pyridine rings is 1. The Kier molecular flexibility index (Phi) is 6.91. The topological polar surface area (TPSA) is 91.5 Å². The highest BCUT2D eigenvalue weighted by molar-refractivity contribution is 7.98. The van der Waals surface area contributed by atoms with Gasteiger partial charge in [-0.3, -0.25) is 4.98 Å². The van der Waals surface area contributed by atoms with Crippen molar-refractivity contribution in [1.29, 1.82) is 0 Å². The third-order valence-corrected chi connectivity index (χ3v) is 7.39. The molecule has 2 atom stereocenters. The molecule has 0 fully saturated rings. The highest BCUT2D eigenvalue weighted by atomic mass is 32.2. The zero-order valence-electron chi connectivity index (χ0n) is 18.4. The molecule has 0 spiro atoms. The van der Waals surface area contributed by atoms with Gasteiger partial charge in [0.1, 0.15) is 16.8 Å². The molecule has 1 unspecified atom stereocenters. The van der Waals surface area contributed by atoms with Gasteiger partial charge in [0, 0.05) is 29.5 Å². The molecule has 3 rings (SSSR count). The Labute approximate surface area is 184 Å². The standard InChI is InChI=1S/C20H28N6O2S2/c1-8-25(30(27)20(3,4)5)13(2)15-9-14(17(28-6)11-21-15)16-10-18-22-12-23-26(18)19(24-16)29-7/h9-13H,8H2,1-7H3/t13-,30?/m1/s1. The van der Waals surface area contributed by atoms with Crippen LogP contribution in [0.3, 0.4) is 0 Å². The van der Waals surface area contributed by atoms with Crippen LogP contribution in [-0.4, -0.2) is 58.1 Å². The van der Waals surface area contributed by atoms with Gasteiger partial charge in [-0.05, 0) is 46.9 Å². The van der Waals surface area contributed by atoms with Gasteiger partial charge in [-0.25, -0.2) is 9.97 Å². The van der Waals surface area contributed by atoms with E-state index in [9.17, 15) is 4.55 Å². The summed E-state index contributed by atoms with van der Waals surface area (Å²) in [5, 5.41) is 4.96. The highest BCUT2D eigenvalue weighted by Crippen LogP contribution is 2.34. The Balaban J connectivity index is 2.08. The summed E-state index contributed by atoms with van der Waals surface area (Å²) in [6.07, 6.45) is 5.16. The fourth-order valence-corrected chi connectivity index (χ4v) is 4.99. The lowest BCUT2D eigenvalue weighted by molar-refractivity contribution is 0.338. The molecule has 3 aromatic heterocycles. The second kappa shape index (κ2) is 9.09. The first kappa shape index (κ1) is 22.8. The van der Waals surface area contributed by atoms with Crippen LogP contribution in [-0.2, 0) is 11.4 Å². The Hall–Kier alpha value is -1.88. The lowest BCUT2D eigenvalue weighted by atomic mass is 10.1. The fraction of sp³-hybridized carbons (Fsp3) is 0.500. The van der Waals surface area contributed by atoms with Crippen LogP contribution in [0.25, 0.3) is 16.9 Å². The number of fused-ring (bicyclic) bond motifs is 1. The highest BCUT2D eigenvalue weighted by Gasteiger charge is 2.36. The Morgan fingerprint density at radius 3 is 2.63 bits per heavy atom. The average molecular weight is 449 g/mol. The van der Waals surface area contributed by atoms with Crippen LogP contribution in [0.15, 0.2) is 29.8 Å². The predicted octanol–water partition coefficient (Wildman–Crippen LogP) is 3.76. The molecule has 0 saturated heterocycles. The van der Waals surface area contributed by atoms with E-state index >= 15 is 0 Å². The maximum atomic E-state index is 13.0. The first-order valence-electron chi connectivity index (χ1n) is 9.69. The van der Waals surface area contributed by atoms with Gasteiger partial charge in [0.05, 0.1) is 30.7 Å². The van der Waals surface area contributed by atoms with Crippen molar-refractivity contribution >= 4 is 28.8 Å². The van der Waals surface area contributed by atoms with Gasteiger partial charge in [-0.1, -0.05) is 11.8 Å². The van der Waals surface area contributed by atoms with Crippen LogP contribution in [0.1, 0.15) is 46.4 Å². The molecule has 30 heavy (non-hydrogen) atoms. The molecule has 0 radical (unpaired) electrons. The number of hydrogen-bond donors (Lipinski definition) is 0. The van der Waals surface area contributed by atoms with E-state index in [4.69, 9.17) is 9.72 Å². The molecule has 0 amide bonds. The molecule has 3 aromatic rings. The molecule has 0 bridgehead atoms. The lowest BCUT2D eigenvalue weighted by Gasteiger charge is -2.35. The largest absolute Gasteiger partial charge is 0.597 e. The van der Waals surface area contributed by atoms with Crippen LogP contribution in [0.4, 0.5) is 0 Å². The molecule has 3 heterocycles. The van der Waals surface area contributed by atoms with E-state index in [1.807, 2.05) is 57.3 Å². The molecular formula is C20H28N6O2S2. The van der Waals surface area contributed by atoms with E-state index in [-0.39, 0.29) is 10.8 Å². The summed E-state index contributed by atoms with van der Waals surface area (Å²) in [5.74, 6) is 0.620. The van der Waals surface area contributed by atoms with Crippen molar-refractivity contribution in [3.8, 4) is 17.0 Å². The van der Waals surface area contributed by atoms with Gasteiger partial charge in [0.25, 0.3) is 0 Å². The summed E-state index contributed by atoms with van der Waals surface area (Å²) in [7, 11) is 1.61. The van der Waals surface area contributed by atoms with Gasteiger partial charge in [0.15, 0.2) is 10.8 Å². The number of rotatable bonds is 7. The van der Waals surface area contributed by atoms with Crippen molar-refractivity contribution in [2.24, 2.45) is 0 Å². The molecular weight excluding hydrogens is 420 g/mol. The smallest absolute Gasteiger partial charge is 0.191 e. The van der Waals surface area contributed by atoms with Crippen molar-refractivity contribution in [2.75, 3.05) is 19.9 Å². The van der Waals surface area contributed by atoms with Crippen molar-refractivity contribution in [3.05, 3.63) is 30.4 Å². The van der Waals surface area contributed by atoms with Gasteiger partial charge < -0.3 is 9.29 Å². The third-order valence-electron chi connectivity index (χ3n) is 4.71. The maximum Gasteiger partial charge on any atom is 0.191 e. The number of nitrogens with zero attached hydrogens (tertiary/aromatic N) is 6. The summed E-state index contributed by atoms with van der Waals surface area (Å²) >= 11 is 0.335. The minimum Gasteiger partial charge on any atom is -0.597 e. The summed E-state index contributed by atoms with van der Waals surface area (Å²) in [5.41, 5.74) is 3.06. The van der Waals surface area contributed by atoms with E-state index in [2.05, 4.69) is 15.1 Å².